The number of ether oxygens (including phenoxy) is 1. The molecule has 3 aromatic rings. The highest BCUT2D eigenvalue weighted by Crippen LogP contribution is 2.40. The van der Waals surface area contributed by atoms with Gasteiger partial charge in [-0.1, -0.05) is 25.1 Å². The van der Waals surface area contributed by atoms with Crippen LogP contribution in [-0.4, -0.2) is 19.2 Å². The second-order valence-corrected chi connectivity index (χ2v) is 10.4. The van der Waals surface area contributed by atoms with Crippen molar-refractivity contribution in [2.75, 3.05) is 7.11 Å². The maximum absolute atomic E-state index is 11.7. The highest BCUT2D eigenvalue weighted by molar-refractivity contribution is 9.11. The van der Waals surface area contributed by atoms with Gasteiger partial charge in [-0.25, -0.2) is 0 Å². The first-order chi connectivity index (χ1) is 13.4. The third-order valence-corrected chi connectivity index (χ3v) is 7.35. The second-order valence-electron chi connectivity index (χ2n) is 5.58. The predicted molar refractivity (Wildman–Crippen MR) is 119 cm³/mol. The molecule has 0 aliphatic carbocycles. The van der Waals surface area contributed by atoms with E-state index in [2.05, 4.69) is 69.1 Å². The maximum atomic E-state index is 11.7. The van der Waals surface area contributed by atoms with Crippen molar-refractivity contribution in [3.05, 3.63) is 55.1 Å². The van der Waals surface area contributed by atoms with E-state index in [0.29, 0.717) is 0 Å². The third kappa shape index (κ3) is 5.72. The SMILES string of the molecule is CCc1cc(Br)sc1-c1cccc(-c2sc(Br)cc2CC(=O)OC)c1.O=C=O. The minimum atomic E-state index is -0.224. The zero-order valence-electron chi connectivity index (χ0n) is 15.1. The van der Waals surface area contributed by atoms with Gasteiger partial charge in [0, 0.05) is 9.75 Å². The van der Waals surface area contributed by atoms with Crippen LogP contribution in [0.25, 0.3) is 20.9 Å². The molecule has 28 heavy (non-hydrogen) atoms. The first-order valence-corrected chi connectivity index (χ1v) is 11.4. The Bertz CT molecular complexity index is 1000. The van der Waals surface area contributed by atoms with E-state index in [1.807, 2.05) is 6.07 Å². The van der Waals surface area contributed by atoms with Crippen LogP contribution in [0.1, 0.15) is 18.1 Å². The maximum Gasteiger partial charge on any atom is 0.373 e. The summed E-state index contributed by atoms with van der Waals surface area (Å²) in [6.45, 7) is 2.17. The van der Waals surface area contributed by atoms with E-state index in [4.69, 9.17) is 14.3 Å². The molecule has 0 aliphatic rings. The van der Waals surface area contributed by atoms with Crippen molar-refractivity contribution in [2.45, 2.75) is 19.8 Å². The number of aryl methyl sites for hydroxylation is 1. The summed E-state index contributed by atoms with van der Waals surface area (Å²) in [4.78, 5) is 30.4. The van der Waals surface area contributed by atoms with E-state index < -0.39 is 0 Å². The van der Waals surface area contributed by atoms with Crippen LogP contribution in [0, 0.1) is 0 Å². The Kier molecular flexibility index (Phi) is 8.79. The van der Waals surface area contributed by atoms with E-state index in [0.717, 1.165) is 30.0 Å². The Balaban J connectivity index is 0.000000878. The van der Waals surface area contributed by atoms with Crippen LogP contribution in [0.5, 0.6) is 0 Å². The summed E-state index contributed by atoms with van der Waals surface area (Å²) in [5.74, 6) is -0.224. The molecule has 0 radical (unpaired) electrons. The summed E-state index contributed by atoms with van der Waals surface area (Å²) in [6.07, 6.45) is 1.53. The fourth-order valence-corrected chi connectivity index (χ4v) is 6.10. The first-order valence-electron chi connectivity index (χ1n) is 8.16. The summed E-state index contributed by atoms with van der Waals surface area (Å²) in [6, 6.07) is 12.7. The lowest BCUT2D eigenvalue weighted by Gasteiger charge is -2.07. The lowest BCUT2D eigenvalue weighted by atomic mass is 10.0. The standard InChI is InChI=1S/C19H16Br2O2S2.CO2/c1-3-11-8-15(20)24-18(11)12-5-4-6-13(7-12)19-14(9-16(21)25-19)10-17(22)23-2;2-1-3/h4-9H,3,10H2,1-2H3;. The molecule has 146 valence electrons. The summed E-state index contributed by atoms with van der Waals surface area (Å²) >= 11 is 10.5. The fraction of sp³-hybridized carbons (Fsp3) is 0.200. The van der Waals surface area contributed by atoms with Gasteiger partial charge in [0.1, 0.15) is 0 Å². The Morgan fingerprint density at radius 2 is 1.50 bits per heavy atom. The number of carbonyl (C=O) groups is 1. The molecule has 8 heteroatoms. The van der Waals surface area contributed by atoms with Gasteiger partial charge in [-0.2, -0.15) is 9.59 Å². The molecule has 2 aromatic heterocycles. The Labute approximate surface area is 187 Å². The quantitative estimate of drug-likeness (QED) is 0.351. The van der Waals surface area contributed by atoms with E-state index in [-0.39, 0.29) is 18.5 Å². The largest absolute Gasteiger partial charge is 0.469 e. The highest BCUT2D eigenvalue weighted by Gasteiger charge is 2.15. The van der Waals surface area contributed by atoms with Gasteiger partial charge >= 0.3 is 12.1 Å². The van der Waals surface area contributed by atoms with Crippen LogP contribution in [0.15, 0.2) is 44.0 Å². The first kappa shape index (κ1) is 22.7. The van der Waals surface area contributed by atoms with Gasteiger partial charge < -0.3 is 4.74 Å². The van der Waals surface area contributed by atoms with E-state index in [1.165, 1.54) is 23.1 Å². The number of benzene rings is 1. The zero-order chi connectivity index (χ0) is 20.7. The molecule has 2 heterocycles. The number of esters is 1. The molecule has 0 fully saturated rings. The molecule has 0 saturated heterocycles. The molecule has 0 amide bonds. The normalized spacial score (nSPS) is 10.0. The monoisotopic (exact) mass is 542 g/mol. The molecule has 0 saturated carbocycles. The average Bonchev–Trinajstić information content (AvgIpc) is 3.24. The van der Waals surface area contributed by atoms with Gasteiger partial charge in [-0.3, -0.25) is 4.79 Å². The molecule has 3 rings (SSSR count). The van der Waals surface area contributed by atoms with Crippen LogP contribution in [-0.2, 0) is 32.0 Å². The molecular weight excluding hydrogens is 528 g/mol. The molecule has 0 unspecified atom stereocenters. The van der Waals surface area contributed by atoms with Gasteiger partial charge in [0.25, 0.3) is 0 Å². The molecule has 0 aliphatic heterocycles. The third-order valence-electron chi connectivity index (χ3n) is 3.89. The van der Waals surface area contributed by atoms with Gasteiger partial charge in [-0.05, 0) is 78.7 Å². The topological polar surface area (TPSA) is 60.4 Å². The van der Waals surface area contributed by atoms with Crippen molar-refractivity contribution in [3.8, 4) is 20.9 Å². The van der Waals surface area contributed by atoms with Crippen LogP contribution >= 0.6 is 54.5 Å². The number of thiophene rings is 2. The highest BCUT2D eigenvalue weighted by atomic mass is 79.9. The summed E-state index contributed by atoms with van der Waals surface area (Å²) < 4.78 is 6.99. The van der Waals surface area contributed by atoms with Crippen molar-refractivity contribution in [1.29, 1.82) is 0 Å². The van der Waals surface area contributed by atoms with Gasteiger partial charge in [0.2, 0.25) is 0 Å². The summed E-state index contributed by atoms with van der Waals surface area (Å²) in [5.41, 5.74) is 4.66. The smallest absolute Gasteiger partial charge is 0.373 e. The predicted octanol–water partition coefficient (Wildman–Crippen LogP) is 6.36. The van der Waals surface area contributed by atoms with E-state index in [9.17, 15) is 4.79 Å². The second kappa shape index (κ2) is 10.8. The Hall–Kier alpha value is -1.57. The van der Waals surface area contributed by atoms with Gasteiger partial charge in [-0.15, -0.1) is 22.7 Å². The lowest BCUT2D eigenvalue weighted by molar-refractivity contribution is -0.191. The van der Waals surface area contributed by atoms with Crippen LogP contribution < -0.4 is 0 Å². The van der Waals surface area contributed by atoms with Crippen molar-refractivity contribution in [2.24, 2.45) is 0 Å². The molecule has 0 atom stereocenters. The number of hydrogen-bond acceptors (Lipinski definition) is 6. The van der Waals surface area contributed by atoms with Crippen LogP contribution in [0.4, 0.5) is 0 Å². The van der Waals surface area contributed by atoms with E-state index in [1.54, 1.807) is 22.7 Å². The summed E-state index contributed by atoms with van der Waals surface area (Å²) in [7, 11) is 1.42. The minimum Gasteiger partial charge on any atom is -0.469 e. The molecule has 0 spiro atoms. The van der Waals surface area contributed by atoms with Gasteiger partial charge in [0.05, 0.1) is 21.1 Å². The number of methoxy groups -OCH3 is 1. The van der Waals surface area contributed by atoms with Crippen molar-refractivity contribution < 1.29 is 19.1 Å². The molecule has 0 bridgehead atoms. The lowest BCUT2D eigenvalue weighted by Crippen LogP contribution is -2.04. The zero-order valence-corrected chi connectivity index (χ0v) is 19.9. The fourth-order valence-electron chi connectivity index (χ4n) is 2.70. The van der Waals surface area contributed by atoms with Crippen LogP contribution in [0.3, 0.4) is 0 Å². The van der Waals surface area contributed by atoms with Crippen molar-refractivity contribution in [1.82, 2.24) is 0 Å². The number of hydrogen-bond donors (Lipinski definition) is 0. The van der Waals surface area contributed by atoms with Crippen molar-refractivity contribution >= 4 is 66.7 Å². The number of carbonyl (C=O) groups excluding carboxylic acids is 3. The van der Waals surface area contributed by atoms with Crippen LogP contribution in [0.2, 0.25) is 0 Å². The molecule has 4 nitrogen and oxygen atoms in total. The number of halogens is 2. The van der Waals surface area contributed by atoms with E-state index >= 15 is 0 Å². The Morgan fingerprint density at radius 3 is 2.00 bits per heavy atom. The van der Waals surface area contributed by atoms with Crippen molar-refractivity contribution in [3.63, 3.8) is 0 Å². The summed E-state index contributed by atoms with van der Waals surface area (Å²) in [5, 5.41) is 0. The molecular formula is C20H16Br2O4S2. The van der Waals surface area contributed by atoms with Gasteiger partial charge in [0.15, 0.2) is 0 Å². The Morgan fingerprint density at radius 1 is 1.00 bits per heavy atom. The average molecular weight is 544 g/mol. The molecule has 1 aromatic carbocycles. The minimum absolute atomic E-state index is 0.224. The molecule has 0 N–H and O–H groups in total. The number of rotatable bonds is 5.